The quantitative estimate of drug-likeness (QED) is 0.223. The second-order valence-corrected chi connectivity index (χ2v) is 4.72. The molecule has 0 saturated carbocycles. The van der Waals surface area contributed by atoms with Crippen molar-refractivity contribution in [3.63, 3.8) is 0 Å². The molecule has 2 amide bonds. The molecule has 0 unspecified atom stereocenters. The predicted octanol–water partition coefficient (Wildman–Crippen LogP) is 0.524. The summed E-state index contributed by atoms with van der Waals surface area (Å²) in [6.45, 7) is 4.63. The highest BCUT2D eigenvalue weighted by molar-refractivity contribution is 5.97. The van der Waals surface area contributed by atoms with Crippen molar-refractivity contribution in [3.05, 3.63) is 11.8 Å². The number of carbonyl (C=O) groups excluding carboxylic acids is 2. The zero-order chi connectivity index (χ0) is 16.6. The third kappa shape index (κ3) is 9.91. The summed E-state index contributed by atoms with van der Waals surface area (Å²) in [5, 5.41) is 11.6. The van der Waals surface area contributed by atoms with Crippen LogP contribution in [0.3, 0.4) is 0 Å². The van der Waals surface area contributed by atoms with E-state index in [1.807, 2.05) is 0 Å². The summed E-state index contributed by atoms with van der Waals surface area (Å²) >= 11 is 0. The molecule has 0 aromatic carbocycles. The molecule has 0 bridgehead atoms. The molecule has 0 aromatic heterocycles. The van der Waals surface area contributed by atoms with Crippen LogP contribution in [-0.2, 0) is 14.3 Å². The monoisotopic (exact) mass is 310 g/mol. The van der Waals surface area contributed by atoms with E-state index < -0.39 is 5.91 Å². The maximum absolute atomic E-state index is 11.8. The molecule has 0 heterocycles. The number of carbonyl (C=O) groups is 2. The van der Waals surface area contributed by atoms with E-state index in [2.05, 4.69) is 12.2 Å². The van der Waals surface area contributed by atoms with Crippen LogP contribution in [0, 0.1) is 11.3 Å². The molecule has 3 N–H and O–H groups in total. The predicted molar refractivity (Wildman–Crippen MR) is 83.5 cm³/mol. The number of nitrogens with one attached hydrogen (secondary N) is 1. The number of unbranched alkanes of at least 4 members (excludes halogenated alkanes) is 1. The van der Waals surface area contributed by atoms with Gasteiger partial charge in [0.1, 0.15) is 11.6 Å². The summed E-state index contributed by atoms with van der Waals surface area (Å²) in [6.07, 6.45) is 5.21. The van der Waals surface area contributed by atoms with Gasteiger partial charge in [0.05, 0.1) is 0 Å². The lowest BCUT2D eigenvalue weighted by Crippen LogP contribution is -2.28. The number of hydrogen-bond acceptors (Lipinski definition) is 5. The second kappa shape index (κ2) is 14.0. The van der Waals surface area contributed by atoms with Crippen LogP contribution in [0.25, 0.3) is 0 Å². The van der Waals surface area contributed by atoms with Gasteiger partial charge in [-0.15, -0.1) is 0 Å². The molecular formula is C15H26N4O3. The van der Waals surface area contributed by atoms with E-state index in [9.17, 15) is 9.59 Å². The van der Waals surface area contributed by atoms with Crippen LogP contribution in [0.2, 0.25) is 0 Å². The zero-order valence-corrected chi connectivity index (χ0v) is 13.2. The molecular weight excluding hydrogens is 284 g/mol. The third-order valence-electron chi connectivity index (χ3n) is 2.81. The van der Waals surface area contributed by atoms with Gasteiger partial charge < -0.3 is 20.7 Å². The highest BCUT2D eigenvalue weighted by Crippen LogP contribution is 1.98. The van der Waals surface area contributed by atoms with E-state index in [1.165, 1.54) is 11.1 Å². The van der Waals surface area contributed by atoms with Crippen molar-refractivity contribution < 1.29 is 14.3 Å². The van der Waals surface area contributed by atoms with Gasteiger partial charge in [-0.2, -0.15) is 5.26 Å². The Balaban J connectivity index is 4.13. The van der Waals surface area contributed by atoms with Crippen LogP contribution >= 0.6 is 0 Å². The average molecular weight is 310 g/mol. The molecule has 0 aliphatic carbocycles. The number of nitriles is 1. The Labute approximate surface area is 132 Å². The number of hydrogen-bond donors (Lipinski definition) is 2. The first kappa shape index (κ1) is 20.1. The van der Waals surface area contributed by atoms with Gasteiger partial charge in [-0.05, 0) is 25.8 Å². The van der Waals surface area contributed by atoms with Crippen molar-refractivity contribution in [3.8, 4) is 6.07 Å². The van der Waals surface area contributed by atoms with Gasteiger partial charge >= 0.3 is 0 Å². The highest BCUT2D eigenvalue weighted by Gasteiger charge is 2.10. The minimum Gasteiger partial charge on any atom is -0.381 e. The number of amides is 2. The van der Waals surface area contributed by atoms with Crippen LogP contribution in [0.1, 0.15) is 32.6 Å². The smallest absolute Gasteiger partial charge is 0.263 e. The summed E-state index contributed by atoms with van der Waals surface area (Å²) < 4.78 is 5.37. The Bertz CT molecular complexity index is 391. The largest absolute Gasteiger partial charge is 0.381 e. The van der Waals surface area contributed by atoms with Crippen molar-refractivity contribution in [2.75, 3.05) is 32.8 Å². The topological polar surface area (TPSA) is 108 Å². The Morgan fingerprint density at radius 2 is 2.09 bits per heavy atom. The molecule has 0 spiro atoms. The fraction of sp³-hybridized carbons (Fsp3) is 0.667. The van der Waals surface area contributed by atoms with E-state index in [0.29, 0.717) is 45.5 Å². The molecule has 0 saturated heterocycles. The number of nitrogens with zero attached hydrogens (tertiary/aromatic N) is 2. The van der Waals surface area contributed by atoms with Crippen molar-refractivity contribution in [1.82, 2.24) is 10.2 Å². The van der Waals surface area contributed by atoms with Gasteiger partial charge in [0.25, 0.3) is 5.91 Å². The van der Waals surface area contributed by atoms with Gasteiger partial charge in [-0.3, -0.25) is 9.59 Å². The number of rotatable bonds is 13. The third-order valence-corrected chi connectivity index (χ3v) is 2.81. The van der Waals surface area contributed by atoms with E-state index in [4.69, 9.17) is 15.7 Å². The maximum Gasteiger partial charge on any atom is 0.263 e. The molecule has 22 heavy (non-hydrogen) atoms. The van der Waals surface area contributed by atoms with Crippen molar-refractivity contribution in [1.29, 1.82) is 5.26 Å². The normalized spacial score (nSPS) is 10.9. The van der Waals surface area contributed by atoms with Gasteiger partial charge in [0, 0.05) is 32.5 Å². The van der Waals surface area contributed by atoms with Gasteiger partial charge in [0.2, 0.25) is 6.41 Å². The lowest BCUT2D eigenvalue weighted by molar-refractivity contribution is -0.117. The fourth-order valence-corrected chi connectivity index (χ4v) is 1.55. The van der Waals surface area contributed by atoms with Gasteiger partial charge in [-0.25, -0.2) is 0 Å². The molecule has 0 fully saturated rings. The summed E-state index contributed by atoms with van der Waals surface area (Å²) in [5.41, 5.74) is 5.26. The van der Waals surface area contributed by atoms with E-state index in [-0.39, 0.29) is 5.57 Å². The molecule has 7 heteroatoms. The lowest BCUT2D eigenvalue weighted by atomic mass is 10.2. The molecule has 0 rings (SSSR count). The first-order valence-corrected chi connectivity index (χ1v) is 7.58. The minimum atomic E-state index is -0.490. The molecule has 124 valence electrons. The fourth-order valence-electron chi connectivity index (χ4n) is 1.55. The zero-order valence-electron chi connectivity index (χ0n) is 13.2. The standard InChI is InChI=1S/C15H26N4O3/c1-2-3-9-22-10-5-7-18-15(21)14(11-17)12-19(13-20)8-4-6-16/h12-13H,2-10,16H2,1H3,(H,18,21)/b14-12-. The van der Waals surface area contributed by atoms with E-state index in [0.717, 1.165) is 19.4 Å². The summed E-state index contributed by atoms with van der Waals surface area (Å²) in [4.78, 5) is 23.9. The van der Waals surface area contributed by atoms with Crippen molar-refractivity contribution >= 4 is 12.3 Å². The average Bonchev–Trinajstić information content (AvgIpc) is 2.54. The Kier molecular flexibility index (Phi) is 12.8. The Morgan fingerprint density at radius 1 is 1.36 bits per heavy atom. The van der Waals surface area contributed by atoms with Crippen LogP contribution < -0.4 is 11.1 Å². The minimum absolute atomic E-state index is 0.101. The molecule has 0 aliphatic rings. The van der Waals surface area contributed by atoms with Crippen molar-refractivity contribution in [2.45, 2.75) is 32.6 Å². The van der Waals surface area contributed by atoms with Crippen LogP contribution in [0.4, 0.5) is 0 Å². The Hall–Kier alpha value is -1.91. The number of ether oxygens (including phenoxy) is 1. The highest BCUT2D eigenvalue weighted by atomic mass is 16.5. The van der Waals surface area contributed by atoms with Crippen molar-refractivity contribution in [2.24, 2.45) is 5.73 Å². The van der Waals surface area contributed by atoms with Gasteiger partial charge in [0.15, 0.2) is 0 Å². The van der Waals surface area contributed by atoms with Gasteiger partial charge in [-0.1, -0.05) is 13.3 Å². The first-order valence-electron chi connectivity index (χ1n) is 7.58. The van der Waals surface area contributed by atoms with Crippen LogP contribution in [0.5, 0.6) is 0 Å². The molecule has 0 aromatic rings. The van der Waals surface area contributed by atoms with E-state index in [1.54, 1.807) is 6.07 Å². The summed E-state index contributed by atoms with van der Waals surface area (Å²) in [7, 11) is 0. The maximum atomic E-state index is 11.8. The summed E-state index contributed by atoms with van der Waals surface area (Å²) in [5.74, 6) is -0.490. The number of nitrogens with two attached hydrogens (primary N) is 1. The lowest BCUT2D eigenvalue weighted by Gasteiger charge is -2.12. The molecule has 0 atom stereocenters. The molecule has 7 nitrogen and oxygen atoms in total. The molecule has 0 aliphatic heterocycles. The SMILES string of the molecule is CCCCOCCCNC(=O)/C(C#N)=C\N(C=O)CCCN. The van der Waals surface area contributed by atoms with E-state index >= 15 is 0 Å². The van der Waals surface area contributed by atoms with Crippen LogP contribution in [0.15, 0.2) is 11.8 Å². The summed E-state index contributed by atoms with van der Waals surface area (Å²) in [6, 6.07) is 1.80. The first-order chi connectivity index (χ1) is 10.7. The second-order valence-electron chi connectivity index (χ2n) is 4.72. The van der Waals surface area contributed by atoms with Crippen LogP contribution in [-0.4, -0.2) is 50.1 Å². The Morgan fingerprint density at radius 3 is 2.68 bits per heavy atom. The molecule has 0 radical (unpaired) electrons.